The van der Waals surface area contributed by atoms with Crippen LogP contribution in [0, 0.1) is 0 Å². The first kappa shape index (κ1) is 14.1. The summed E-state index contributed by atoms with van der Waals surface area (Å²) in [7, 11) is 0. The van der Waals surface area contributed by atoms with Crippen LogP contribution in [-0.4, -0.2) is 29.0 Å². The van der Waals surface area contributed by atoms with Crippen LogP contribution in [0.5, 0.6) is 0 Å². The molecule has 1 aliphatic heterocycles. The Morgan fingerprint density at radius 1 is 1.33 bits per heavy atom. The van der Waals surface area contributed by atoms with E-state index in [-0.39, 0.29) is 17.5 Å². The lowest BCUT2D eigenvalue weighted by atomic mass is 10.3. The van der Waals surface area contributed by atoms with Crippen LogP contribution >= 0.6 is 67.8 Å². The van der Waals surface area contributed by atoms with Gasteiger partial charge >= 0.3 is 0 Å². The summed E-state index contributed by atoms with van der Waals surface area (Å²) in [6.07, 6.45) is 2.56. The Kier molecular flexibility index (Phi) is 5.24. The van der Waals surface area contributed by atoms with Gasteiger partial charge in [0.25, 0.3) is 11.8 Å². The van der Waals surface area contributed by atoms with Crippen molar-refractivity contribution in [2.24, 2.45) is 0 Å². The van der Waals surface area contributed by atoms with E-state index in [0.717, 1.165) is 0 Å². The van der Waals surface area contributed by atoms with Crippen LogP contribution in [0.2, 0.25) is 0 Å². The van der Waals surface area contributed by atoms with Crippen LogP contribution in [0.3, 0.4) is 0 Å². The molecule has 0 radical (unpaired) electrons. The number of amides is 2. The van der Waals surface area contributed by atoms with E-state index < -0.39 is 0 Å². The summed E-state index contributed by atoms with van der Waals surface area (Å²) < 4.78 is 5.14. The second kappa shape index (κ2) is 5.58. The fourth-order valence-corrected chi connectivity index (χ4v) is 1.68. The van der Waals surface area contributed by atoms with E-state index in [2.05, 4.69) is 67.8 Å². The van der Waals surface area contributed by atoms with Crippen molar-refractivity contribution in [3.05, 3.63) is 12.2 Å². The molecule has 1 atom stereocenters. The number of carbonyl (C=O) groups excluding carboxylic acids is 2. The van der Waals surface area contributed by atoms with Gasteiger partial charge in [-0.1, -0.05) is 0 Å². The monoisotopic (exact) mass is 547 g/mol. The summed E-state index contributed by atoms with van der Waals surface area (Å²) in [5, 5.41) is 0. The van der Waals surface area contributed by atoms with Crippen molar-refractivity contribution in [1.82, 2.24) is 4.90 Å². The first-order valence-electron chi connectivity index (χ1n) is 4.07. The molecule has 1 unspecified atom stereocenters. The lowest BCUT2D eigenvalue weighted by Crippen LogP contribution is -2.41. The lowest BCUT2D eigenvalue weighted by Gasteiger charge is -2.24. The molecule has 0 spiro atoms. The van der Waals surface area contributed by atoms with Crippen molar-refractivity contribution in [1.29, 1.82) is 0 Å². The number of halogens is 3. The molecule has 0 N–H and O–H groups in total. The zero-order valence-corrected chi connectivity index (χ0v) is 14.2. The molecule has 1 aliphatic rings. The maximum Gasteiger partial charge on any atom is 0.253 e. The molecule has 0 saturated carbocycles. The van der Waals surface area contributed by atoms with Gasteiger partial charge in [0, 0.05) is 12.2 Å². The Balaban J connectivity index is 2.51. The van der Waals surface area contributed by atoms with Crippen molar-refractivity contribution in [2.75, 3.05) is 6.61 Å². The van der Waals surface area contributed by atoms with E-state index >= 15 is 0 Å². The number of alkyl halides is 3. The van der Waals surface area contributed by atoms with Crippen LogP contribution in [0.25, 0.3) is 0 Å². The highest BCUT2D eigenvalue weighted by molar-refractivity contribution is 14.3. The fraction of sp³-hybridized carbons (Fsp3) is 0.500. The molecule has 1 heterocycles. The fourth-order valence-electron chi connectivity index (χ4n) is 1.14. The average Bonchev–Trinajstić information content (AvgIpc) is 2.41. The highest BCUT2D eigenvalue weighted by Crippen LogP contribution is 2.36. The molecule has 1 rings (SSSR count). The molecule has 0 saturated heterocycles. The van der Waals surface area contributed by atoms with Crippen molar-refractivity contribution in [3.63, 3.8) is 0 Å². The molecule has 0 aromatic rings. The minimum absolute atomic E-state index is 0.237. The van der Waals surface area contributed by atoms with E-state index in [1.165, 1.54) is 17.1 Å². The van der Waals surface area contributed by atoms with Gasteiger partial charge in [-0.3, -0.25) is 14.5 Å². The maximum atomic E-state index is 11.3. The number of hydrogen-bond acceptors (Lipinski definition) is 3. The van der Waals surface area contributed by atoms with E-state index in [1.54, 1.807) is 6.92 Å². The third kappa shape index (κ3) is 4.42. The molecular formula is C8H8I3NO3. The van der Waals surface area contributed by atoms with Gasteiger partial charge in [0.15, 0.2) is 0 Å². The van der Waals surface area contributed by atoms with Crippen LogP contribution in [0.1, 0.15) is 6.92 Å². The van der Waals surface area contributed by atoms with Gasteiger partial charge in [0.05, 0.1) is 12.6 Å². The standard InChI is InChI=1S/C8H8I3NO3/c1-5(4-15-8(9,10)11)12-6(13)2-3-7(12)14/h2-3,5H,4H2,1H3. The molecular weight excluding hydrogens is 539 g/mol. The zero-order valence-electron chi connectivity index (χ0n) is 7.75. The predicted molar refractivity (Wildman–Crippen MR) is 81.2 cm³/mol. The van der Waals surface area contributed by atoms with Crippen molar-refractivity contribution >= 4 is 79.6 Å². The number of hydrogen-bond donors (Lipinski definition) is 0. The molecule has 7 heteroatoms. The summed E-state index contributed by atoms with van der Waals surface area (Å²) in [6.45, 7) is 2.13. The predicted octanol–water partition coefficient (Wildman–Crippen LogP) is 2.23. The molecule has 0 fully saturated rings. The molecule has 84 valence electrons. The van der Waals surface area contributed by atoms with Crippen LogP contribution < -0.4 is 0 Å². The minimum Gasteiger partial charge on any atom is -0.345 e. The second-order valence-electron chi connectivity index (χ2n) is 2.99. The Bertz CT molecular complexity index is 293. The summed E-state index contributed by atoms with van der Waals surface area (Å²) in [5.41, 5.74) is 0. The third-order valence-electron chi connectivity index (χ3n) is 1.77. The number of carbonyl (C=O) groups is 2. The average molecular weight is 547 g/mol. The molecule has 0 aliphatic carbocycles. The molecule has 2 amide bonds. The largest absolute Gasteiger partial charge is 0.345 e. The van der Waals surface area contributed by atoms with Gasteiger partial charge in [-0.2, -0.15) is 0 Å². The number of nitrogens with zero attached hydrogens (tertiary/aromatic N) is 1. The summed E-state index contributed by atoms with van der Waals surface area (Å²) in [6, 6.07) is -0.237. The lowest BCUT2D eigenvalue weighted by molar-refractivity contribution is -0.140. The number of rotatable bonds is 4. The first-order valence-corrected chi connectivity index (χ1v) is 7.31. The zero-order chi connectivity index (χ0) is 11.6. The first-order chi connectivity index (χ1) is 6.81. The van der Waals surface area contributed by atoms with E-state index in [1.807, 2.05) is 0 Å². The summed E-state index contributed by atoms with van der Waals surface area (Å²) in [4.78, 5) is 23.8. The van der Waals surface area contributed by atoms with E-state index in [9.17, 15) is 9.59 Å². The molecule has 4 nitrogen and oxygen atoms in total. The highest BCUT2D eigenvalue weighted by Gasteiger charge is 2.30. The molecule has 0 bridgehead atoms. The van der Waals surface area contributed by atoms with Crippen LogP contribution in [-0.2, 0) is 14.3 Å². The topological polar surface area (TPSA) is 46.6 Å². The van der Waals surface area contributed by atoms with Crippen LogP contribution in [0.4, 0.5) is 0 Å². The molecule has 0 aromatic heterocycles. The van der Waals surface area contributed by atoms with Gasteiger partial charge < -0.3 is 4.74 Å². The summed E-state index contributed by atoms with van der Waals surface area (Å²) in [5.74, 6) is -0.533. The van der Waals surface area contributed by atoms with Gasteiger partial charge in [-0.25, -0.2) is 0 Å². The SMILES string of the molecule is CC(COC(I)(I)I)N1C(=O)C=CC1=O. The third-order valence-corrected chi connectivity index (χ3v) is 2.71. The van der Waals surface area contributed by atoms with Gasteiger partial charge in [0.1, 0.15) is 0 Å². The van der Waals surface area contributed by atoms with Crippen molar-refractivity contribution in [3.8, 4) is 0 Å². The van der Waals surface area contributed by atoms with Gasteiger partial charge in [-0.15, -0.1) is 0 Å². The smallest absolute Gasteiger partial charge is 0.253 e. The van der Waals surface area contributed by atoms with Crippen LogP contribution in [0.15, 0.2) is 12.2 Å². The minimum atomic E-state index is -0.346. The molecule has 0 aromatic carbocycles. The Hall–Kier alpha value is 1.03. The maximum absolute atomic E-state index is 11.3. The van der Waals surface area contributed by atoms with E-state index in [4.69, 9.17) is 4.74 Å². The Morgan fingerprint density at radius 3 is 2.20 bits per heavy atom. The quantitative estimate of drug-likeness (QED) is 0.309. The highest BCUT2D eigenvalue weighted by atomic mass is 127. The van der Waals surface area contributed by atoms with E-state index in [0.29, 0.717) is 6.61 Å². The number of ether oxygens (including phenoxy) is 1. The van der Waals surface area contributed by atoms with Crippen molar-refractivity contribution in [2.45, 2.75) is 12.6 Å². The number of imide groups is 1. The normalized spacial score (nSPS) is 18.8. The Morgan fingerprint density at radius 2 is 1.80 bits per heavy atom. The Labute approximate surface area is 129 Å². The second-order valence-corrected chi connectivity index (χ2v) is 13.7. The molecule has 15 heavy (non-hydrogen) atoms. The van der Waals surface area contributed by atoms with Gasteiger partial charge in [-0.05, 0) is 74.7 Å². The van der Waals surface area contributed by atoms with Crippen molar-refractivity contribution < 1.29 is 14.3 Å². The van der Waals surface area contributed by atoms with Gasteiger partial charge in [0.2, 0.25) is -0.379 Å². The summed E-state index contributed by atoms with van der Waals surface area (Å²) >= 11 is 6.39.